The Balaban J connectivity index is 1.92. The fourth-order valence-electron chi connectivity index (χ4n) is 3.25. The van der Waals surface area contributed by atoms with Gasteiger partial charge in [-0.05, 0) is 45.1 Å². The Morgan fingerprint density at radius 3 is 2.47 bits per heavy atom. The fourth-order valence-corrected chi connectivity index (χ4v) is 3.25. The standard InChI is InChI=1S/C13H25NO/c1-3-14-13(11-6-4-5-7-11)12-9-8-10(2)15-12/h10-14H,3-9H2,1-2H3. The summed E-state index contributed by atoms with van der Waals surface area (Å²) in [5.41, 5.74) is 0. The second-order valence-corrected chi connectivity index (χ2v) is 5.19. The van der Waals surface area contributed by atoms with Crippen molar-refractivity contribution in [2.24, 2.45) is 5.92 Å². The molecule has 0 radical (unpaired) electrons. The molecule has 2 nitrogen and oxygen atoms in total. The van der Waals surface area contributed by atoms with Gasteiger partial charge < -0.3 is 10.1 Å². The second kappa shape index (κ2) is 5.31. The molecule has 15 heavy (non-hydrogen) atoms. The van der Waals surface area contributed by atoms with E-state index in [-0.39, 0.29) is 0 Å². The van der Waals surface area contributed by atoms with Crippen molar-refractivity contribution < 1.29 is 4.74 Å². The summed E-state index contributed by atoms with van der Waals surface area (Å²) in [7, 11) is 0. The maximum atomic E-state index is 6.03. The maximum absolute atomic E-state index is 6.03. The quantitative estimate of drug-likeness (QED) is 0.772. The van der Waals surface area contributed by atoms with Crippen LogP contribution >= 0.6 is 0 Å². The van der Waals surface area contributed by atoms with Crippen LogP contribution in [0.2, 0.25) is 0 Å². The van der Waals surface area contributed by atoms with Crippen molar-refractivity contribution in [1.82, 2.24) is 5.32 Å². The van der Waals surface area contributed by atoms with Crippen LogP contribution in [0.3, 0.4) is 0 Å². The number of hydrogen-bond donors (Lipinski definition) is 1. The van der Waals surface area contributed by atoms with E-state index in [4.69, 9.17) is 4.74 Å². The van der Waals surface area contributed by atoms with Crippen molar-refractivity contribution in [3.05, 3.63) is 0 Å². The van der Waals surface area contributed by atoms with Crippen LogP contribution in [0.5, 0.6) is 0 Å². The van der Waals surface area contributed by atoms with E-state index in [1.807, 2.05) is 0 Å². The van der Waals surface area contributed by atoms with Gasteiger partial charge in [0.2, 0.25) is 0 Å². The molecule has 0 spiro atoms. The third-order valence-electron chi connectivity index (χ3n) is 4.01. The molecule has 1 aliphatic heterocycles. The van der Waals surface area contributed by atoms with Gasteiger partial charge in [0.05, 0.1) is 12.2 Å². The van der Waals surface area contributed by atoms with Crippen LogP contribution in [0.25, 0.3) is 0 Å². The van der Waals surface area contributed by atoms with Crippen LogP contribution in [-0.4, -0.2) is 24.8 Å². The molecule has 1 saturated heterocycles. The van der Waals surface area contributed by atoms with E-state index in [9.17, 15) is 0 Å². The summed E-state index contributed by atoms with van der Waals surface area (Å²) in [6.07, 6.45) is 9.15. The highest BCUT2D eigenvalue weighted by Crippen LogP contribution is 2.33. The van der Waals surface area contributed by atoms with Crippen molar-refractivity contribution in [1.29, 1.82) is 0 Å². The summed E-state index contributed by atoms with van der Waals surface area (Å²) in [6, 6.07) is 0.627. The molecule has 3 unspecified atom stereocenters. The van der Waals surface area contributed by atoms with Gasteiger partial charge in [-0.2, -0.15) is 0 Å². The minimum Gasteiger partial charge on any atom is -0.374 e. The lowest BCUT2D eigenvalue weighted by Crippen LogP contribution is -2.44. The highest BCUT2D eigenvalue weighted by atomic mass is 16.5. The van der Waals surface area contributed by atoms with Crippen molar-refractivity contribution >= 4 is 0 Å². The summed E-state index contributed by atoms with van der Waals surface area (Å²) in [6.45, 7) is 5.49. The van der Waals surface area contributed by atoms with Crippen LogP contribution in [0, 0.1) is 5.92 Å². The SMILES string of the molecule is CCNC(C1CCCC1)C1CCC(C)O1. The lowest BCUT2D eigenvalue weighted by atomic mass is 9.92. The first-order valence-electron chi connectivity index (χ1n) is 6.70. The van der Waals surface area contributed by atoms with Gasteiger partial charge in [0.1, 0.15) is 0 Å². The maximum Gasteiger partial charge on any atom is 0.0735 e. The highest BCUT2D eigenvalue weighted by Gasteiger charge is 2.35. The molecule has 1 N–H and O–H groups in total. The Hall–Kier alpha value is -0.0800. The minimum absolute atomic E-state index is 0.484. The smallest absolute Gasteiger partial charge is 0.0735 e. The molecule has 0 aromatic carbocycles. The first-order chi connectivity index (χ1) is 7.31. The van der Waals surface area contributed by atoms with Crippen LogP contribution in [-0.2, 0) is 4.74 Å². The van der Waals surface area contributed by atoms with E-state index in [2.05, 4.69) is 19.2 Å². The molecule has 1 heterocycles. The van der Waals surface area contributed by atoms with E-state index in [0.29, 0.717) is 18.2 Å². The lowest BCUT2D eigenvalue weighted by molar-refractivity contribution is 0.0182. The van der Waals surface area contributed by atoms with Crippen molar-refractivity contribution in [2.75, 3.05) is 6.54 Å². The molecule has 2 heteroatoms. The average Bonchev–Trinajstić information content (AvgIpc) is 2.85. The van der Waals surface area contributed by atoms with Gasteiger partial charge in [0.25, 0.3) is 0 Å². The first kappa shape index (κ1) is 11.4. The second-order valence-electron chi connectivity index (χ2n) is 5.19. The zero-order valence-electron chi connectivity index (χ0n) is 10.2. The Labute approximate surface area is 93.8 Å². The van der Waals surface area contributed by atoms with Gasteiger partial charge >= 0.3 is 0 Å². The van der Waals surface area contributed by atoms with Crippen molar-refractivity contribution in [3.63, 3.8) is 0 Å². The van der Waals surface area contributed by atoms with Crippen LogP contribution in [0.1, 0.15) is 52.4 Å². The number of likely N-dealkylation sites (N-methyl/N-ethyl adjacent to an activating group) is 1. The van der Waals surface area contributed by atoms with Gasteiger partial charge in [-0.3, -0.25) is 0 Å². The third-order valence-corrected chi connectivity index (χ3v) is 4.01. The zero-order chi connectivity index (χ0) is 10.7. The Morgan fingerprint density at radius 1 is 1.20 bits per heavy atom. The summed E-state index contributed by atoms with van der Waals surface area (Å²) in [4.78, 5) is 0. The molecule has 2 rings (SSSR count). The first-order valence-corrected chi connectivity index (χ1v) is 6.70. The Bertz CT molecular complexity index is 189. The average molecular weight is 211 g/mol. The normalized spacial score (nSPS) is 34.8. The lowest BCUT2D eigenvalue weighted by Gasteiger charge is -2.29. The zero-order valence-corrected chi connectivity index (χ0v) is 10.2. The minimum atomic E-state index is 0.484. The van der Waals surface area contributed by atoms with Crippen molar-refractivity contribution in [2.45, 2.75) is 70.6 Å². The molecule has 0 amide bonds. The van der Waals surface area contributed by atoms with E-state index in [1.165, 1.54) is 38.5 Å². The molecule has 2 fully saturated rings. The van der Waals surface area contributed by atoms with Gasteiger partial charge in [-0.25, -0.2) is 0 Å². The number of hydrogen-bond acceptors (Lipinski definition) is 2. The molecule has 1 aliphatic carbocycles. The van der Waals surface area contributed by atoms with E-state index >= 15 is 0 Å². The number of rotatable bonds is 4. The molecule has 0 aromatic rings. The van der Waals surface area contributed by atoms with E-state index in [0.717, 1.165) is 12.5 Å². The summed E-state index contributed by atoms with van der Waals surface area (Å²) in [5.74, 6) is 0.875. The molecule has 3 atom stereocenters. The molecule has 0 aromatic heterocycles. The topological polar surface area (TPSA) is 21.3 Å². The third kappa shape index (κ3) is 2.73. The monoisotopic (exact) mass is 211 g/mol. The van der Waals surface area contributed by atoms with Gasteiger partial charge in [0, 0.05) is 6.04 Å². The molecule has 88 valence electrons. The molecular weight excluding hydrogens is 186 g/mol. The molecular formula is C13H25NO. The number of nitrogens with one attached hydrogen (secondary N) is 1. The summed E-state index contributed by atoms with van der Waals surface area (Å²) >= 11 is 0. The largest absolute Gasteiger partial charge is 0.374 e. The van der Waals surface area contributed by atoms with E-state index < -0.39 is 0 Å². The predicted molar refractivity (Wildman–Crippen MR) is 63.0 cm³/mol. The van der Waals surface area contributed by atoms with Gasteiger partial charge in [-0.1, -0.05) is 19.8 Å². The Morgan fingerprint density at radius 2 is 1.93 bits per heavy atom. The van der Waals surface area contributed by atoms with Crippen LogP contribution < -0.4 is 5.32 Å². The summed E-state index contributed by atoms with van der Waals surface area (Å²) < 4.78 is 6.03. The highest BCUT2D eigenvalue weighted by molar-refractivity contribution is 4.89. The van der Waals surface area contributed by atoms with Crippen molar-refractivity contribution in [3.8, 4) is 0 Å². The summed E-state index contributed by atoms with van der Waals surface area (Å²) in [5, 5.41) is 3.66. The van der Waals surface area contributed by atoms with Gasteiger partial charge in [-0.15, -0.1) is 0 Å². The number of ether oxygens (including phenoxy) is 1. The van der Waals surface area contributed by atoms with E-state index in [1.54, 1.807) is 0 Å². The van der Waals surface area contributed by atoms with Crippen LogP contribution in [0.15, 0.2) is 0 Å². The van der Waals surface area contributed by atoms with Gasteiger partial charge in [0.15, 0.2) is 0 Å². The predicted octanol–water partition coefficient (Wildman–Crippen LogP) is 2.72. The fraction of sp³-hybridized carbons (Fsp3) is 1.00. The molecule has 2 aliphatic rings. The van der Waals surface area contributed by atoms with Crippen LogP contribution in [0.4, 0.5) is 0 Å². The Kier molecular flexibility index (Phi) is 4.04. The molecule has 1 saturated carbocycles. The molecule has 0 bridgehead atoms.